The van der Waals surface area contributed by atoms with Crippen molar-refractivity contribution in [1.82, 2.24) is 20.1 Å². The number of halogens is 3. The first-order valence-corrected chi connectivity index (χ1v) is 8.97. The van der Waals surface area contributed by atoms with E-state index >= 15 is 0 Å². The second kappa shape index (κ2) is 7.03. The number of aliphatic imine (C=N–C) groups is 1. The summed E-state index contributed by atoms with van der Waals surface area (Å²) in [6, 6.07) is 2.37. The molecule has 2 aromatic heterocycles. The van der Waals surface area contributed by atoms with Crippen LogP contribution in [0.15, 0.2) is 35.6 Å². The van der Waals surface area contributed by atoms with Crippen molar-refractivity contribution >= 4 is 17.3 Å². The molecule has 0 bridgehead atoms. The second-order valence-corrected chi connectivity index (χ2v) is 7.46. The fourth-order valence-corrected chi connectivity index (χ4v) is 3.06. The lowest BCUT2D eigenvalue weighted by Crippen LogP contribution is -2.40. The van der Waals surface area contributed by atoms with Crippen LogP contribution in [0.4, 0.5) is 19.0 Å². The number of amidine groups is 1. The fraction of sp³-hybridized carbons (Fsp3) is 0.316. The average molecular weight is 404 g/mol. The molecule has 3 heterocycles. The molecule has 4 rings (SSSR count). The van der Waals surface area contributed by atoms with Crippen LogP contribution in [0.2, 0.25) is 0 Å². The number of aromatic nitrogens is 3. The minimum absolute atomic E-state index is 0.133. The number of anilines is 1. The molecule has 7 nitrogen and oxygen atoms in total. The van der Waals surface area contributed by atoms with Crippen LogP contribution in [0.1, 0.15) is 37.9 Å². The lowest BCUT2D eigenvalue weighted by molar-refractivity contribution is 0.0406. The Morgan fingerprint density at radius 1 is 1.28 bits per heavy atom. The SMILES string of the molecule is C[C@@H](Nc1ccn2ncc(C3=NC(C)(C)CON3)c2n1)c1cc(F)cc(F)c1F. The van der Waals surface area contributed by atoms with Crippen molar-refractivity contribution in [2.24, 2.45) is 4.99 Å². The van der Waals surface area contributed by atoms with E-state index in [4.69, 9.17) is 4.84 Å². The number of nitrogens with zero attached hydrogens (tertiary/aromatic N) is 4. The quantitative estimate of drug-likeness (QED) is 0.652. The van der Waals surface area contributed by atoms with E-state index < -0.39 is 29.0 Å². The predicted molar refractivity (Wildman–Crippen MR) is 101 cm³/mol. The molecule has 2 N–H and O–H groups in total. The minimum Gasteiger partial charge on any atom is -0.363 e. The van der Waals surface area contributed by atoms with Crippen LogP contribution in [0.3, 0.4) is 0 Å². The largest absolute Gasteiger partial charge is 0.363 e. The van der Waals surface area contributed by atoms with Gasteiger partial charge >= 0.3 is 0 Å². The Labute approximate surface area is 164 Å². The zero-order chi connectivity index (χ0) is 20.8. The zero-order valence-corrected chi connectivity index (χ0v) is 16.0. The van der Waals surface area contributed by atoms with Crippen molar-refractivity contribution in [2.75, 3.05) is 11.9 Å². The number of hydrogen-bond donors (Lipinski definition) is 2. The molecule has 0 aliphatic carbocycles. The summed E-state index contributed by atoms with van der Waals surface area (Å²) in [5.74, 6) is -2.31. The Hall–Kier alpha value is -3.14. The van der Waals surface area contributed by atoms with Gasteiger partial charge in [0.25, 0.3) is 0 Å². The van der Waals surface area contributed by atoms with E-state index in [2.05, 4.69) is 25.9 Å². The molecule has 0 amide bonds. The third-order valence-electron chi connectivity index (χ3n) is 4.48. The topological polar surface area (TPSA) is 75.8 Å². The lowest BCUT2D eigenvalue weighted by atomic mass is 10.1. The summed E-state index contributed by atoms with van der Waals surface area (Å²) in [5, 5.41) is 7.21. The highest BCUT2D eigenvalue weighted by atomic mass is 19.2. The normalized spacial score (nSPS) is 17.0. The third-order valence-corrected chi connectivity index (χ3v) is 4.48. The van der Waals surface area contributed by atoms with E-state index in [1.54, 1.807) is 29.9 Å². The summed E-state index contributed by atoms with van der Waals surface area (Å²) in [7, 11) is 0. The van der Waals surface area contributed by atoms with Crippen molar-refractivity contribution in [3.63, 3.8) is 0 Å². The van der Waals surface area contributed by atoms with Gasteiger partial charge in [0.15, 0.2) is 23.1 Å². The molecule has 1 atom stereocenters. The summed E-state index contributed by atoms with van der Waals surface area (Å²) >= 11 is 0. The Balaban J connectivity index is 1.67. The summed E-state index contributed by atoms with van der Waals surface area (Å²) in [5.41, 5.74) is 3.35. The molecule has 3 aromatic rings. The van der Waals surface area contributed by atoms with E-state index in [9.17, 15) is 13.2 Å². The van der Waals surface area contributed by atoms with Gasteiger partial charge in [0.2, 0.25) is 0 Å². The highest BCUT2D eigenvalue weighted by Gasteiger charge is 2.26. The molecule has 0 saturated heterocycles. The second-order valence-electron chi connectivity index (χ2n) is 7.46. The monoisotopic (exact) mass is 404 g/mol. The maximum atomic E-state index is 14.1. The van der Waals surface area contributed by atoms with Crippen LogP contribution >= 0.6 is 0 Å². The maximum absolute atomic E-state index is 14.1. The molecule has 0 fully saturated rings. The van der Waals surface area contributed by atoms with Crippen molar-refractivity contribution in [1.29, 1.82) is 0 Å². The lowest BCUT2D eigenvalue weighted by Gasteiger charge is -2.26. The average Bonchev–Trinajstić information content (AvgIpc) is 3.07. The summed E-state index contributed by atoms with van der Waals surface area (Å²) < 4.78 is 42.6. The molecule has 1 aliphatic heterocycles. The highest BCUT2D eigenvalue weighted by molar-refractivity contribution is 6.03. The Morgan fingerprint density at radius 2 is 2.07 bits per heavy atom. The standard InChI is InChI=1S/C19H19F3N6O/c1-10(12-6-11(20)7-14(21)16(12)22)24-15-4-5-28-18(25-15)13(8-23-28)17-26-19(2,3)9-29-27-17/h4-8,10H,9H2,1-3H3,(H,24,25)(H,26,27)/t10-/m1/s1. The number of benzene rings is 1. The van der Waals surface area contributed by atoms with E-state index in [0.717, 1.165) is 6.07 Å². The van der Waals surface area contributed by atoms with Crippen LogP contribution in [0.25, 0.3) is 5.65 Å². The summed E-state index contributed by atoms with van der Waals surface area (Å²) in [4.78, 5) is 14.5. The molecule has 29 heavy (non-hydrogen) atoms. The molecule has 10 heteroatoms. The van der Waals surface area contributed by atoms with Crippen molar-refractivity contribution in [3.8, 4) is 0 Å². The molecule has 1 aliphatic rings. The van der Waals surface area contributed by atoms with E-state index in [0.29, 0.717) is 35.5 Å². The molecule has 152 valence electrons. The van der Waals surface area contributed by atoms with E-state index in [1.807, 2.05) is 13.8 Å². The van der Waals surface area contributed by atoms with Crippen LogP contribution in [-0.2, 0) is 4.84 Å². The molecule has 0 radical (unpaired) electrons. The Kier molecular flexibility index (Phi) is 4.65. The molecule has 0 saturated carbocycles. The van der Waals surface area contributed by atoms with Crippen molar-refractivity contribution in [3.05, 3.63) is 59.2 Å². The van der Waals surface area contributed by atoms with Crippen LogP contribution < -0.4 is 10.8 Å². The number of rotatable bonds is 4. The molecule has 0 unspecified atom stereocenters. The predicted octanol–water partition coefficient (Wildman–Crippen LogP) is 3.38. The van der Waals surface area contributed by atoms with Gasteiger partial charge in [0.05, 0.1) is 29.9 Å². The van der Waals surface area contributed by atoms with Crippen LogP contribution in [0, 0.1) is 17.5 Å². The van der Waals surface area contributed by atoms with Gasteiger partial charge in [0.1, 0.15) is 11.6 Å². The molecule has 1 aromatic carbocycles. The smallest absolute Gasteiger partial charge is 0.168 e. The molecular weight excluding hydrogens is 385 g/mol. The van der Waals surface area contributed by atoms with Gasteiger partial charge in [-0.3, -0.25) is 9.83 Å². The van der Waals surface area contributed by atoms with Gasteiger partial charge in [0, 0.05) is 17.8 Å². The first-order chi connectivity index (χ1) is 13.7. The van der Waals surface area contributed by atoms with E-state index in [1.165, 1.54) is 0 Å². The first kappa shape index (κ1) is 19.2. The Morgan fingerprint density at radius 3 is 2.83 bits per heavy atom. The van der Waals surface area contributed by atoms with Gasteiger partial charge in [-0.1, -0.05) is 0 Å². The van der Waals surface area contributed by atoms with Crippen molar-refractivity contribution < 1.29 is 18.0 Å². The Bertz CT molecular complexity index is 1110. The fourth-order valence-electron chi connectivity index (χ4n) is 3.06. The number of fused-ring (bicyclic) bond motifs is 1. The molecule has 0 spiro atoms. The minimum atomic E-state index is -1.24. The molecular formula is C19H19F3N6O. The number of hydrogen-bond acceptors (Lipinski definition) is 6. The summed E-state index contributed by atoms with van der Waals surface area (Å²) in [6.45, 7) is 5.88. The maximum Gasteiger partial charge on any atom is 0.168 e. The number of hydroxylamine groups is 1. The van der Waals surface area contributed by atoms with Gasteiger partial charge in [-0.25, -0.2) is 28.2 Å². The highest BCUT2D eigenvalue weighted by Crippen LogP contribution is 2.25. The van der Waals surface area contributed by atoms with Crippen LogP contribution in [0.5, 0.6) is 0 Å². The van der Waals surface area contributed by atoms with Gasteiger partial charge < -0.3 is 5.32 Å². The third kappa shape index (κ3) is 3.75. The van der Waals surface area contributed by atoms with Gasteiger partial charge in [-0.2, -0.15) is 5.10 Å². The number of nitrogens with one attached hydrogen (secondary N) is 2. The van der Waals surface area contributed by atoms with Gasteiger partial charge in [-0.15, -0.1) is 0 Å². The van der Waals surface area contributed by atoms with Crippen molar-refractivity contribution in [2.45, 2.75) is 32.4 Å². The zero-order valence-electron chi connectivity index (χ0n) is 16.0. The van der Waals surface area contributed by atoms with Gasteiger partial charge in [-0.05, 0) is 32.9 Å². The summed E-state index contributed by atoms with van der Waals surface area (Å²) in [6.07, 6.45) is 3.27. The van der Waals surface area contributed by atoms with Crippen LogP contribution in [-0.4, -0.2) is 32.6 Å². The first-order valence-electron chi connectivity index (χ1n) is 8.97. The van der Waals surface area contributed by atoms with E-state index in [-0.39, 0.29) is 5.56 Å².